The predicted molar refractivity (Wildman–Crippen MR) is 74.3 cm³/mol. The number of aromatic nitrogens is 2. The number of anilines is 1. The van der Waals surface area contributed by atoms with Gasteiger partial charge in [-0.2, -0.15) is 5.10 Å². The molecule has 108 valence electrons. The van der Waals surface area contributed by atoms with Crippen molar-refractivity contribution in [1.82, 2.24) is 9.78 Å². The Bertz CT molecular complexity index is 574. The molecule has 0 spiro atoms. The highest BCUT2D eigenvalue weighted by atomic mass is 16.4. The molecule has 1 aliphatic rings. The van der Waals surface area contributed by atoms with Crippen molar-refractivity contribution in [2.24, 2.45) is 18.9 Å². The van der Waals surface area contributed by atoms with Gasteiger partial charge in [0.2, 0.25) is 5.91 Å². The number of rotatable bonds is 3. The number of carbonyl (C=O) groups excluding carboxylic acids is 1. The van der Waals surface area contributed by atoms with Crippen LogP contribution in [0.5, 0.6) is 0 Å². The second-order valence-electron chi connectivity index (χ2n) is 5.15. The summed E-state index contributed by atoms with van der Waals surface area (Å²) in [6.45, 7) is 3.68. The summed E-state index contributed by atoms with van der Waals surface area (Å²) >= 11 is 0. The van der Waals surface area contributed by atoms with Gasteiger partial charge in [0.05, 0.1) is 28.9 Å². The molecule has 1 heterocycles. The Morgan fingerprint density at radius 1 is 1.30 bits per heavy atom. The highest BCUT2D eigenvalue weighted by Crippen LogP contribution is 2.28. The zero-order valence-electron chi connectivity index (χ0n) is 11.9. The minimum atomic E-state index is -0.922. The third-order valence-electron chi connectivity index (χ3n) is 3.84. The van der Waals surface area contributed by atoms with Crippen molar-refractivity contribution in [2.45, 2.75) is 26.7 Å². The minimum Gasteiger partial charge on any atom is -0.481 e. The summed E-state index contributed by atoms with van der Waals surface area (Å²) in [4.78, 5) is 23.6. The zero-order valence-corrected chi connectivity index (χ0v) is 11.9. The van der Waals surface area contributed by atoms with Gasteiger partial charge in [0.1, 0.15) is 0 Å². The van der Waals surface area contributed by atoms with Gasteiger partial charge in [-0.3, -0.25) is 14.3 Å². The third-order valence-corrected chi connectivity index (χ3v) is 3.84. The van der Waals surface area contributed by atoms with E-state index in [4.69, 9.17) is 0 Å². The van der Waals surface area contributed by atoms with E-state index in [-0.39, 0.29) is 5.91 Å². The Hall–Kier alpha value is -2.11. The lowest BCUT2D eigenvalue weighted by molar-refractivity contribution is -0.146. The molecule has 0 aromatic carbocycles. The van der Waals surface area contributed by atoms with Gasteiger partial charge in [0, 0.05) is 7.05 Å². The summed E-state index contributed by atoms with van der Waals surface area (Å²) in [5, 5.41) is 16.3. The molecule has 2 N–H and O–H groups in total. The summed E-state index contributed by atoms with van der Waals surface area (Å²) in [6, 6.07) is 0. The lowest BCUT2D eigenvalue weighted by Crippen LogP contribution is -2.34. The normalized spacial score (nSPS) is 21.8. The average Bonchev–Trinajstić information content (AvgIpc) is 2.65. The number of amides is 1. The van der Waals surface area contributed by atoms with Crippen LogP contribution in [0.15, 0.2) is 12.2 Å². The van der Waals surface area contributed by atoms with E-state index in [1.165, 1.54) is 0 Å². The van der Waals surface area contributed by atoms with Crippen LogP contribution in [0.3, 0.4) is 0 Å². The summed E-state index contributed by atoms with van der Waals surface area (Å²) in [7, 11) is 1.81. The highest BCUT2D eigenvalue weighted by molar-refractivity contribution is 5.96. The first-order valence-corrected chi connectivity index (χ1v) is 6.60. The van der Waals surface area contributed by atoms with Crippen LogP contribution in [0.25, 0.3) is 0 Å². The van der Waals surface area contributed by atoms with Crippen LogP contribution in [-0.4, -0.2) is 26.8 Å². The van der Waals surface area contributed by atoms with Crippen molar-refractivity contribution in [3.8, 4) is 0 Å². The Labute approximate surface area is 117 Å². The third kappa shape index (κ3) is 2.59. The molecule has 1 aromatic rings. The molecule has 0 fully saturated rings. The molecule has 2 rings (SSSR count). The molecule has 20 heavy (non-hydrogen) atoms. The molecular weight excluding hydrogens is 258 g/mol. The molecule has 0 bridgehead atoms. The van der Waals surface area contributed by atoms with Crippen LogP contribution in [0.4, 0.5) is 5.69 Å². The molecule has 0 aliphatic heterocycles. The molecule has 1 amide bonds. The first-order valence-electron chi connectivity index (χ1n) is 6.60. The maximum absolute atomic E-state index is 12.4. The quantitative estimate of drug-likeness (QED) is 0.823. The lowest BCUT2D eigenvalue weighted by atomic mass is 9.82. The molecule has 2 atom stereocenters. The van der Waals surface area contributed by atoms with Crippen LogP contribution in [-0.2, 0) is 16.6 Å². The molecule has 1 aliphatic carbocycles. The Morgan fingerprint density at radius 3 is 2.40 bits per heavy atom. The fourth-order valence-electron chi connectivity index (χ4n) is 2.55. The van der Waals surface area contributed by atoms with Crippen molar-refractivity contribution in [3.05, 3.63) is 23.5 Å². The summed E-state index contributed by atoms with van der Waals surface area (Å²) in [5.41, 5.74) is 2.27. The number of hydrogen-bond acceptors (Lipinski definition) is 3. The monoisotopic (exact) mass is 277 g/mol. The van der Waals surface area contributed by atoms with E-state index in [1.807, 2.05) is 26.0 Å². The minimum absolute atomic E-state index is 0.249. The van der Waals surface area contributed by atoms with Crippen LogP contribution in [0, 0.1) is 25.7 Å². The molecule has 0 saturated carbocycles. The van der Waals surface area contributed by atoms with Crippen LogP contribution in [0.2, 0.25) is 0 Å². The van der Waals surface area contributed by atoms with Gasteiger partial charge in [-0.1, -0.05) is 12.2 Å². The van der Waals surface area contributed by atoms with E-state index < -0.39 is 17.8 Å². The average molecular weight is 277 g/mol. The SMILES string of the molecule is Cc1nn(C)c(C)c1NC(=O)[C@H]1CC=CC[C@H]1C(=O)O. The lowest BCUT2D eigenvalue weighted by Gasteiger charge is -2.24. The van der Waals surface area contributed by atoms with Gasteiger partial charge in [-0.05, 0) is 26.7 Å². The maximum Gasteiger partial charge on any atom is 0.307 e. The standard InChI is InChI=1S/C14H19N3O3/c1-8-12(9(2)17(3)16-8)15-13(18)10-6-4-5-7-11(10)14(19)20/h4-5,10-11H,6-7H2,1-3H3,(H,15,18)(H,19,20)/t10-,11+/m0/s1. The second-order valence-corrected chi connectivity index (χ2v) is 5.15. The fourth-order valence-corrected chi connectivity index (χ4v) is 2.55. The van der Waals surface area contributed by atoms with Crippen LogP contribution in [0.1, 0.15) is 24.2 Å². The largest absolute Gasteiger partial charge is 0.481 e. The number of nitrogens with one attached hydrogen (secondary N) is 1. The van der Waals surface area contributed by atoms with Gasteiger partial charge in [-0.15, -0.1) is 0 Å². The van der Waals surface area contributed by atoms with Gasteiger partial charge in [0.25, 0.3) is 0 Å². The van der Waals surface area contributed by atoms with E-state index in [1.54, 1.807) is 11.7 Å². The summed E-state index contributed by atoms with van der Waals surface area (Å²) < 4.78 is 1.69. The Morgan fingerprint density at radius 2 is 1.90 bits per heavy atom. The Kier molecular flexibility index (Phi) is 3.92. The molecule has 0 unspecified atom stereocenters. The number of carbonyl (C=O) groups is 2. The topological polar surface area (TPSA) is 84.2 Å². The van der Waals surface area contributed by atoms with Crippen molar-refractivity contribution in [2.75, 3.05) is 5.32 Å². The fraction of sp³-hybridized carbons (Fsp3) is 0.500. The van der Waals surface area contributed by atoms with Gasteiger partial charge in [0.15, 0.2) is 0 Å². The molecule has 0 radical (unpaired) electrons. The number of carboxylic acid groups (broad SMARTS) is 1. The van der Waals surface area contributed by atoms with Crippen LogP contribution < -0.4 is 5.32 Å². The number of allylic oxidation sites excluding steroid dienone is 2. The van der Waals surface area contributed by atoms with Crippen molar-refractivity contribution >= 4 is 17.6 Å². The smallest absolute Gasteiger partial charge is 0.307 e. The number of aliphatic carboxylic acids is 1. The van der Waals surface area contributed by atoms with Gasteiger partial charge in [-0.25, -0.2) is 0 Å². The van der Waals surface area contributed by atoms with E-state index in [9.17, 15) is 14.7 Å². The first kappa shape index (κ1) is 14.3. The second kappa shape index (κ2) is 5.48. The highest BCUT2D eigenvalue weighted by Gasteiger charge is 2.34. The number of nitrogens with zero attached hydrogens (tertiary/aromatic N) is 2. The number of carboxylic acids is 1. The van der Waals surface area contributed by atoms with E-state index in [2.05, 4.69) is 10.4 Å². The summed E-state index contributed by atoms with van der Waals surface area (Å²) in [6.07, 6.45) is 4.55. The maximum atomic E-state index is 12.4. The molecule has 1 aromatic heterocycles. The van der Waals surface area contributed by atoms with Crippen molar-refractivity contribution in [1.29, 1.82) is 0 Å². The summed E-state index contributed by atoms with van der Waals surface area (Å²) in [5.74, 6) is -2.36. The van der Waals surface area contributed by atoms with Gasteiger partial charge < -0.3 is 10.4 Å². The number of aryl methyl sites for hydroxylation is 2. The molecule has 6 heteroatoms. The van der Waals surface area contributed by atoms with E-state index >= 15 is 0 Å². The van der Waals surface area contributed by atoms with Crippen molar-refractivity contribution in [3.63, 3.8) is 0 Å². The Balaban J connectivity index is 2.19. The molecule has 6 nitrogen and oxygen atoms in total. The zero-order chi connectivity index (χ0) is 14.9. The molecular formula is C14H19N3O3. The first-order chi connectivity index (χ1) is 9.41. The number of hydrogen-bond donors (Lipinski definition) is 2. The predicted octanol–water partition coefficient (Wildman–Crippen LogP) is 1.64. The van der Waals surface area contributed by atoms with Gasteiger partial charge >= 0.3 is 5.97 Å². The van der Waals surface area contributed by atoms with E-state index in [0.717, 1.165) is 11.4 Å². The van der Waals surface area contributed by atoms with E-state index in [0.29, 0.717) is 18.5 Å². The van der Waals surface area contributed by atoms with Crippen LogP contribution >= 0.6 is 0 Å². The molecule has 0 saturated heterocycles. The van der Waals surface area contributed by atoms with Crippen molar-refractivity contribution < 1.29 is 14.7 Å².